The summed E-state index contributed by atoms with van der Waals surface area (Å²) in [4.78, 5) is 29.7. The predicted octanol–water partition coefficient (Wildman–Crippen LogP) is 1.22. The van der Waals surface area contributed by atoms with Crippen molar-refractivity contribution in [1.29, 1.82) is 0 Å². The summed E-state index contributed by atoms with van der Waals surface area (Å²) < 4.78 is 0. The Bertz CT molecular complexity index is 634. The number of rotatable bonds is 5. The number of nitrogens with zero attached hydrogens (tertiary/aromatic N) is 4. The molecule has 2 aromatic heterocycles. The van der Waals surface area contributed by atoms with E-state index in [9.17, 15) is 4.79 Å². The van der Waals surface area contributed by atoms with Gasteiger partial charge < -0.3 is 10.3 Å². The Morgan fingerprint density at radius 2 is 2.13 bits per heavy atom. The molecule has 0 unspecified atom stereocenters. The van der Waals surface area contributed by atoms with Gasteiger partial charge in [0.05, 0.1) is 24.3 Å². The van der Waals surface area contributed by atoms with Gasteiger partial charge in [0.1, 0.15) is 0 Å². The second-order valence-corrected chi connectivity index (χ2v) is 5.93. The maximum absolute atomic E-state index is 11.1. The van der Waals surface area contributed by atoms with Gasteiger partial charge in [-0.25, -0.2) is 4.98 Å². The quantitative estimate of drug-likeness (QED) is 0.866. The van der Waals surface area contributed by atoms with Crippen molar-refractivity contribution in [1.82, 2.24) is 30.2 Å². The van der Waals surface area contributed by atoms with Crippen molar-refractivity contribution in [2.75, 3.05) is 13.1 Å². The first kappa shape index (κ1) is 15.6. The molecule has 0 spiro atoms. The molecular formula is C16H22N6O. The molecule has 7 heteroatoms. The van der Waals surface area contributed by atoms with E-state index in [-0.39, 0.29) is 5.91 Å². The summed E-state index contributed by atoms with van der Waals surface area (Å²) in [5.41, 5.74) is 3.06. The van der Waals surface area contributed by atoms with Crippen molar-refractivity contribution >= 4 is 5.91 Å². The van der Waals surface area contributed by atoms with E-state index < -0.39 is 0 Å². The molecule has 0 bridgehead atoms. The lowest BCUT2D eigenvalue weighted by atomic mass is 9.91. The average molecular weight is 314 g/mol. The summed E-state index contributed by atoms with van der Waals surface area (Å²) in [6.45, 7) is 4.93. The minimum absolute atomic E-state index is 0.0454. The lowest BCUT2D eigenvalue weighted by Crippen LogP contribution is -2.33. The average Bonchev–Trinajstić information content (AvgIpc) is 3.07. The SMILES string of the molecule is CC(=O)NCc1nccnc1C1CCN(Cc2cnc[nH]2)CC1. The fraction of sp³-hybridized carbons (Fsp3) is 0.500. The molecule has 23 heavy (non-hydrogen) atoms. The smallest absolute Gasteiger partial charge is 0.217 e. The summed E-state index contributed by atoms with van der Waals surface area (Å²) in [5.74, 6) is 0.362. The summed E-state index contributed by atoms with van der Waals surface area (Å²) in [5, 5.41) is 2.82. The molecule has 3 rings (SSSR count). The molecule has 0 aromatic carbocycles. The van der Waals surface area contributed by atoms with Crippen LogP contribution in [-0.4, -0.2) is 43.8 Å². The Morgan fingerprint density at radius 3 is 2.83 bits per heavy atom. The lowest BCUT2D eigenvalue weighted by Gasteiger charge is -2.31. The Balaban J connectivity index is 1.60. The highest BCUT2D eigenvalue weighted by atomic mass is 16.1. The van der Waals surface area contributed by atoms with Gasteiger partial charge in [-0.2, -0.15) is 0 Å². The summed E-state index contributed by atoms with van der Waals surface area (Å²) in [6.07, 6.45) is 9.13. The largest absolute Gasteiger partial charge is 0.351 e. The van der Waals surface area contributed by atoms with Crippen LogP contribution in [0.5, 0.6) is 0 Å². The number of piperidine rings is 1. The number of aromatic amines is 1. The van der Waals surface area contributed by atoms with E-state index in [4.69, 9.17) is 0 Å². The molecule has 2 N–H and O–H groups in total. The fourth-order valence-corrected chi connectivity index (χ4v) is 3.04. The molecule has 1 aliphatic heterocycles. The van der Waals surface area contributed by atoms with Crippen LogP contribution in [0.2, 0.25) is 0 Å². The number of hydrogen-bond acceptors (Lipinski definition) is 5. The first-order valence-corrected chi connectivity index (χ1v) is 7.96. The minimum Gasteiger partial charge on any atom is -0.351 e. The number of nitrogens with one attached hydrogen (secondary N) is 2. The van der Waals surface area contributed by atoms with Gasteiger partial charge in [0, 0.05) is 43.7 Å². The number of carbonyl (C=O) groups excluding carboxylic acids is 1. The monoisotopic (exact) mass is 314 g/mol. The van der Waals surface area contributed by atoms with E-state index in [1.54, 1.807) is 18.7 Å². The molecule has 0 radical (unpaired) electrons. The molecule has 3 heterocycles. The van der Waals surface area contributed by atoms with Gasteiger partial charge in [-0.05, 0) is 25.9 Å². The molecule has 7 nitrogen and oxygen atoms in total. The van der Waals surface area contributed by atoms with Crippen molar-refractivity contribution in [3.8, 4) is 0 Å². The van der Waals surface area contributed by atoms with Gasteiger partial charge in [-0.15, -0.1) is 0 Å². The second kappa shape index (κ2) is 7.32. The molecule has 0 aliphatic carbocycles. The molecule has 1 aliphatic rings. The Morgan fingerprint density at radius 1 is 1.35 bits per heavy atom. The van der Waals surface area contributed by atoms with E-state index in [0.29, 0.717) is 12.5 Å². The highest BCUT2D eigenvalue weighted by Gasteiger charge is 2.24. The van der Waals surface area contributed by atoms with E-state index in [2.05, 4.69) is 30.2 Å². The number of imidazole rings is 1. The topological polar surface area (TPSA) is 86.8 Å². The summed E-state index contributed by atoms with van der Waals surface area (Å²) >= 11 is 0. The molecule has 1 amide bonds. The van der Waals surface area contributed by atoms with E-state index in [1.165, 1.54) is 6.92 Å². The molecule has 122 valence electrons. The van der Waals surface area contributed by atoms with Crippen molar-refractivity contribution in [2.45, 2.75) is 38.8 Å². The van der Waals surface area contributed by atoms with Gasteiger partial charge in [0.2, 0.25) is 5.91 Å². The van der Waals surface area contributed by atoms with Crippen molar-refractivity contribution < 1.29 is 4.79 Å². The predicted molar refractivity (Wildman–Crippen MR) is 85.4 cm³/mol. The van der Waals surface area contributed by atoms with Crippen LogP contribution < -0.4 is 5.32 Å². The third kappa shape index (κ3) is 4.13. The van der Waals surface area contributed by atoms with Gasteiger partial charge in [0.25, 0.3) is 0 Å². The zero-order valence-electron chi connectivity index (χ0n) is 13.3. The zero-order chi connectivity index (χ0) is 16.1. The Labute approximate surface area is 135 Å². The number of aromatic nitrogens is 4. The highest BCUT2D eigenvalue weighted by Crippen LogP contribution is 2.28. The van der Waals surface area contributed by atoms with Crippen LogP contribution in [0.1, 0.15) is 42.8 Å². The third-order valence-corrected chi connectivity index (χ3v) is 4.23. The van der Waals surface area contributed by atoms with Crippen LogP contribution in [0, 0.1) is 0 Å². The van der Waals surface area contributed by atoms with E-state index in [0.717, 1.165) is 49.6 Å². The summed E-state index contributed by atoms with van der Waals surface area (Å²) in [6, 6.07) is 0. The van der Waals surface area contributed by atoms with Crippen LogP contribution in [-0.2, 0) is 17.9 Å². The number of H-pyrrole nitrogens is 1. The fourth-order valence-electron chi connectivity index (χ4n) is 3.04. The maximum Gasteiger partial charge on any atom is 0.217 e. The molecule has 1 saturated heterocycles. The van der Waals surface area contributed by atoms with Crippen LogP contribution in [0.3, 0.4) is 0 Å². The summed E-state index contributed by atoms with van der Waals surface area (Å²) in [7, 11) is 0. The molecule has 0 atom stereocenters. The van der Waals surface area contributed by atoms with Crippen LogP contribution in [0.15, 0.2) is 24.9 Å². The van der Waals surface area contributed by atoms with E-state index >= 15 is 0 Å². The van der Waals surface area contributed by atoms with Gasteiger partial charge in [0.15, 0.2) is 0 Å². The van der Waals surface area contributed by atoms with Gasteiger partial charge in [-0.3, -0.25) is 19.7 Å². The van der Waals surface area contributed by atoms with Gasteiger partial charge in [-0.1, -0.05) is 0 Å². The standard InChI is InChI=1S/C16H22N6O/c1-12(23)20-9-15-16(19-5-4-18-15)13-2-6-22(7-3-13)10-14-8-17-11-21-14/h4-5,8,11,13H,2-3,6-7,9-10H2,1H3,(H,17,21)(H,20,23). The molecule has 2 aromatic rings. The zero-order valence-corrected chi connectivity index (χ0v) is 13.3. The lowest BCUT2D eigenvalue weighted by molar-refractivity contribution is -0.119. The number of likely N-dealkylation sites (tertiary alicyclic amines) is 1. The van der Waals surface area contributed by atoms with Crippen molar-refractivity contribution in [2.24, 2.45) is 0 Å². The minimum atomic E-state index is -0.0454. The third-order valence-electron chi connectivity index (χ3n) is 4.23. The normalized spacial score (nSPS) is 16.4. The second-order valence-electron chi connectivity index (χ2n) is 5.93. The molecule has 0 saturated carbocycles. The van der Waals surface area contributed by atoms with Crippen LogP contribution >= 0.6 is 0 Å². The van der Waals surface area contributed by atoms with Gasteiger partial charge >= 0.3 is 0 Å². The first-order chi connectivity index (χ1) is 11.2. The van der Waals surface area contributed by atoms with E-state index in [1.807, 2.05) is 6.20 Å². The Kier molecular flexibility index (Phi) is 4.97. The van der Waals surface area contributed by atoms with Crippen LogP contribution in [0.25, 0.3) is 0 Å². The first-order valence-electron chi connectivity index (χ1n) is 7.96. The van der Waals surface area contributed by atoms with Crippen molar-refractivity contribution in [3.05, 3.63) is 42.0 Å². The Hall–Kier alpha value is -2.28. The molecular weight excluding hydrogens is 292 g/mol. The number of amides is 1. The highest BCUT2D eigenvalue weighted by molar-refractivity contribution is 5.72. The maximum atomic E-state index is 11.1. The molecule has 1 fully saturated rings. The van der Waals surface area contributed by atoms with Crippen LogP contribution in [0.4, 0.5) is 0 Å². The number of carbonyl (C=O) groups is 1. The van der Waals surface area contributed by atoms with Crippen molar-refractivity contribution in [3.63, 3.8) is 0 Å². The number of hydrogen-bond donors (Lipinski definition) is 2.